The van der Waals surface area contributed by atoms with Gasteiger partial charge in [0.25, 0.3) is 10.0 Å². The molecule has 46 heavy (non-hydrogen) atoms. The summed E-state index contributed by atoms with van der Waals surface area (Å²) in [5.41, 5.74) is 3.02. The molecule has 0 unspecified atom stereocenters. The number of sulfonamides is 1. The number of nitrogens with zero attached hydrogens (tertiary/aromatic N) is 2. The third-order valence-corrected chi connectivity index (χ3v) is 9.69. The van der Waals surface area contributed by atoms with Crippen LogP contribution in [0.4, 0.5) is 5.69 Å². The van der Waals surface area contributed by atoms with Crippen LogP contribution in [0.15, 0.2) is 112 Å². The van der Waals surface area contributed by atoms with Gasteiger partial charge in [0.1, 0.15) is 18.3 Å². The first kappa shape index (κ1) is 34.7. The van der Waals surface area contributed by atoms with Gasteiger partial charge in [0, 0.05) is 24.0 Å². The van der Waals surface area contributed by atoms with Crippen molar-refractivity contribution >= 4 is 43.5 Å². The number of benzene rings is 4. The van der Waals surface area contributed by atoms with Gasteiger partial charge in [-0.15, -0.1) is 0 Å². The first-order valence-corrected chi connectivity index (χ1v) is 17.5. The van der Waals surface area contributed by atoms with Crippen molar-refractivity contribution < 1.29 is 22.7 Å². The van der Waals surface area contributed by atoms with Crippen LogP contribution < -0.4 is 14.4 Å². The van der Waals surface area contributed by atoms with Crippen molar-refractivity contribution in [3.8, 4) is 5.75 Å². The van der Waals surface area contributed by atoms with E-state index in [1.807, 2.05) is 75.4 Å². The first-order chi connectivity index (χ1) is 22.1. The Morgan fingerprint density at radius 2 is 1.54 bits per heavy atom. The SMILES string of the molecule is CCCNC(=O)[C@H](Cc1ccccc1)N(Cc1cccc(C)c1)C(=O)CN(c1ccc(OCC)cc1)S(=O)(=O)c1ccc(Br)cc1. The second-order valence-corrected chi connectivity index (χ2v) is 13.7. The zero-order valence-corrected chi connectivity index (χ0v) is 28.8. The van der Waals surface area contributed by atoms with E-state index in [-0.39, 0.29) is 23.8 Å². The molecule has 0 fully saturated rings. The zero-order chi connectivity index (χ0) is 33.1. The monoisotopic (exact) mass is 705 g/mol. The fraction of sp³-hybridized carbons (Fsp3) is 0.278. The predicted octanol–water partition coefficient (Wildman–Crippen LogP) is 6.52. The molecule has 0 aromatic heterocycles. The smallest absolute Gasteiger partial charge is 0.264 e. The Morgan fingerprint density at radius 1 is 0.870 bits per heavy atom. The topological polar surface area (TPSA) is 96.0 Å². The van der Waals surface area contributed by atoms with Crippen LogP contribution in [0.25, 0.3) is 0 Å². The summed E-state index contributed by atoms with van der Waals surface area (Å²) in [6.07, 6.45) is 0.989. The number of carbonyl (C=O) groups excluding carboxylic acids is 2. The molecule has 4 aromatic rings. The molecule has 0 aliphatic rings. The number of carbonyl (C=O) groups is 2. The Morgan fingerprint density at radius 3 is 2.17 bits per heavy atom. The lowest BCUT2D eigenvalue weighted by molar-refractivity contribution is -0.140. The third-order valence-electron chi connectivity index (χ3n) is 7.37. The van der Waals surface area contributed by atoms with Gasteiger partial charge in [0.2, 0.25) is 11.8 Å². The number of ether oxygens (including phenoxy) is 1. The number of hydrogen-bond donors (Lipinski definition) is 1. The molecule has 1 atom stereocenters. The van der Waals surface area contributed by atoms with Gasteiger partial charge in [-0.2, -0.15) is 0 Å². The Balaban J connectivity index is 1.79. The summed E-state index contributed by atoms with van der Waals surface area (Å²) in [5, 5.41) is 2.97. The highest BCUT2D eigenvalue weighted by molar-refractivity contribution is 9.10. The minimum atomic E-state index is -4.20. The summed E-state index contributed by atoms with van der Waals surface area (Å²) in [6.45, 7) is 6.29. The summed E-state index contributed by atoms with van der Waals surface area (Å²) >= 11 is 3.37. The van der Waals surface area contributed by atoms with Gasteiger partial charge in [0.15, 0.2) is 0 Å². The van der Waals surface area contributed by atoms with Crippen molar-refractivity contribution in [1.82, 2.24) is 10.2 Å². The standard InChI is InChI=1S/C36H40BrN3O5S/c1-4-22-38-36(42)34(24-28-11-7-6-8-12-28)39(25-29-13-9-10-27(3)23-29)35(41)26-40(31-16-18-32(19-17-31)45-5-2)46(43,44)33-20-14-30(37)15-21-33/h6-21,23,34H,4-5,22,24-26H2,1-3H3,(H,38,42)/t34-/m0/s1. The van der Waals surface area contributed by atoms with Gasteiger partial charge < -0.3 is 15.0 Å². The highest BCUT2D eigenvalue weighted by Gasteiger charge is 2.34. The van der Waals surface area contributed by atoms with Crippen molar-refractivity contribution in [3.63, 3.8) is 0 Å². The molecular weight excluding hydrogens is 666 g/mol. The van der Waals surface area contributed by atoms with Crippen molar-refractivity contribution in [3.05, 3.63) is 124 Å². The van der Waals surface area contributed by atoms with Crippen LogP contribution in [-0.4, -0.2) is 50.9 Å². The number of hydrogen-bond acceptors (Lipinski definition) is 5. The maximum Gasteiger partial charge on any atom is 0.264 e. The van der Waals surface area contributed by atoms with Crippen LogP contribution >= 0.6 is 15.9 Å². The molecule has 0 radical (unpaired) electrons. The summed E-state index contributed by atoms with van der Waals surface area (Å²) < 4.78 is 35.8. The molecule has 0 aliphatic heterocycles. The van der Waals surface area contributed by atoms with Gasteiger partial charge >= 0.3 is 0 Å². The third kappa shape index (κ3) is 9.20. The normalized spacial score (nSPS) is 11.8. The molecule has 4 aromatic carbocycles. The van der Waals surface area contributed by atoms with Crippen LogP contribution in [0.2, 0.25) is 0 Å². The van der Waals surface area contributed by atoms with E-state index in [9.17, 15) is 18.0 Å². The Labute approximate surface area is 280 Å². The molecule has 4 rings (SSSR count). The molecule has 0 heterocycles. The van der Waals surface area contributed by atoms with E-state index in [4.69, 9.17) is 4.74 Å². The van der Waals surface area contributed by atoms with E-state index in [1.165, 1.54) is 17.0 Å². The van der Waals surface area contributed by atoms with Crippen molar-refractivity contribution in [1.29, 1.82) is 0 Å². The minimum absolute atomic E-state index is 0.0316. The van der Waals surface area contributed by atoms with Crippen molar-refractivity contribution in [2.45, 2.75) is 51.1 Å². The van der Waals surface area contributed by atoms with Crippen LogP contribution in [0.1, 0.15) is 37.0 Å². The van der Waals surface area contributed by atoms with Gasteiger partial charge in [-0.1, -0.05) is 83.0 Å². The van der Waals surface area contributed by atoms with Crippen LogP contribution in [0.3, 0.4) is 0 Å². The van der Waals surface area contributed by atoms with Crippen LogP contribution in [0.5, 0.6) is 5.75 Å². The first-order valence-electron chi connectivity index (χ1n) is 15.3. The van der Waals surface area contributed by atoms with Gasteiger partial charge in [-0.3, -0.25) is 13.9 Å². The molecular formula is C36H40BrN3O5S. The second kappa shape index (κ2) is 16.4. The highest BCUT2D eigenvalue weighted by Crippen LogP contribution is 2.28. The number of anilines is 1. The number of nitrogens with one attached hydrogen (secondary N) is 1. The quantitative estimate of drug-likeness (QED) is 0.152. The van der Waals surface area contributed by atoms with Crippen LogP contribution in [0, 0.1) is 6.92 Å². The van der Waals surface area contributed by atoms with E-state index < -0.39 is 28.5 Å². The predicted molar refractivity (Wildman–Crippen MR) is 185 cm³/mol. The number of rotatable bonds is 15. The van der Waals surface area contributed by atoms with Gasteiger partial charge in [0.05, 0.1) is 17.2 Å². The summed E-state index contributed by atoms with van der Waals surface area (Å²) in [4.78, 5) is 29.8. The molecule has 2 amide bonds. The Hall–Kier alpha value is -4.15. The molecule has 0 bridgehead atoms. The lowest BCUT2D eigenvalue weighted by Crippen LogP contribution is -2.53. The fourth-order valence-electron chi connectivity index (χ4n) is 5.06. The van der Waals surface area contributed by atoms with E-state index >= 15 is 0 Å². The largest absolute Gasteiger partial charge is 0.494 e. The minimum Gasteiger partial charge on any atom is -0.494 e. The molecule has 8 nitrogen and oxygen atoms in total. The lowest BCUT2D eigenvalue weighted by Gasteiger charge is -2.34. The Kier molecular flexibility index (Phi) is 12.4. The summed E-state index contributed by atoms with van der Waals surface area (Å²) in [5.74, 6) is -0.228. The molecule has 0 saturated carbocycles. The fourth-order valence-corrected chi connectivity index (χ4v) is 6.74. The average molecular weight is 707 g/mol. The summed E-state index contributed by atoms with van der Waals surface area (Å²) in [7, 11) is -4.20. The number of halogens is 1. The van der Waals surface area contributed by atoms with E-state index in [0.29, 0.717) is 24.6 Å². The molecule has 0 aliphatic carbocycles. The summed E-state index contributed by atoms with van der Waals surface area (Å²) in [6, 6.07) is 29.2. The average Bonchev–Trinajstić information content (AvgIpc) is 3.05. The van der Waals surface area contributed by atoms with Crippen LogP contribution in [-0.2, 0) is 32.6 Å². The number of aryl methyl sites for hydroxylation is 1. The molecule has 0 saturated heterocycles. The number of amides is 2. The Bertz CT molecular complexity index is 1700. The van der Waals surface area contributed by atoms with E-state index in [1.54, 1.807) is 36.4 Å². The van der Waals surface area contributed by atoms with Crippen molar-refractivity contribution in [2.24, 2.45) is 0 Å². The van der Waals surface area contributed by atoms with E-state index in [2.05, 4.69) is 21.2 Å². The van der Waals surface area contributed by atoms with Crippen molar-refractivity contribution in [2.75, 3.05) is 24.0 Å². The second-order valence-electron chi connectivity index (χ2n) is 10.9. The lowest BCUT2D eigenvalue weighted by atomic mass is 10.0. The van der Waals surface area contributed by atoms with Gasteiger partial charge in [-0.25, -0.2) is 8.42 Å². The van der Waals surface area contributed by atoms with E-state index in [0.717, 1.165) is 31.9 Å². The maximum absolute atomic E-state index is 14.5. The molecule has 242 valence electrons. The molecule has 1 N–H and O–H groups in total. The van der Waals surface area contributed by atoms with Gasteiger partial charge in [-0.05, 0) is 79.9 Å². The highest BCUT2D eigenvalue weighted by atomic mass is 79.9. The molecule has 0 spiro atoms. The maximum atomic E-state index is 14.5. The zero-order valence-electron chi connectivity index (χ0n) is 26.4. The molecule has 10 heteroatoms.